The first-order chi connectivity index (χ1) is 14.0. The van der Waals surface area contributed by atoms with Gasteiger partial charge in [0, 0.05) is 5.41 Å². The quantitative estimate of drug-likeness (QED) is 0.643. The number of esters is 1. The number of rotatable bonds is 4. The monoisotopic (exact) mass is 412 g/mol. The lowest BCUT2D eigenvalue weighted by atomic mass is 9.93. The van der Waals surface area contributed by atoms with Crippen LogP contribution in [-0.4, -0.2) is 22.6 Å². The summed E-state index contributed by atoms with van der Waals surface area (Å²) >= 11 is 1.43. The second kappa shape index (κ2) is 7.83. The fraction of sp³-hybridized carbons (Fsp3) is 0.182. The summed E-state index contributed by atoms with van der Waals surface area (Å²) in [7, 11) is 0. The third-order valence-electron chi connectivity index (χ3n) is 4.75. The van der Waals surface area contributed by atoms with E-state index in [-0.39, 0.29) is 18.2 Å². The van der Waals surface area contributed by atoms with Gasteiger partial charge in [0.2, 0.25) is 0 Å². The van der Waals surface area contributed by atoms with Gasteiger partial charge in [-0.25, -0.2) is 18.6 Å². The van der Waals surface area contributed by atoms with Gasteiger partial charge >= 0.3 is 5.97 Å². The van der Waals surface area contributed by atoms with Crippen molar-refractivity contribution < 1.29 is 18.3 Å². The largest absolute Gasteiger partial charge is 0.463 e. The highest BCUT2D eigenvalue weighted by Crippen LogP contribution is 2.46. The van der Waals surface area contributed by atoms with E-state index in [1.807, 2.05) is 10.3 Å². The fourth-order valence-electron chi connectivity index (χ4n) is 3.44. The molecule has 2 heterocycles. The molecule has 2 aromatic carbocycles. The standard InChI is InChI=1S/C22H18F2N2O2S/c1-3-28-21(27)19-13(2)25-22-26(20(19)15-6-10-17(24)11-7-15)18(12-29-22)14-4-8-16(23)9-5-14/h4-12,20H,3H2,1-2H3. The SMILES string of the molecule is CCOC(=O)C1=C(C)N=C2SC=C(c3ccc(F)cc3)N2C1c1ccc(F)cc1. The predicted molar refractivity (Wildman–Crippen MR) is 110 cm³/mol. The zero-order chi connectivity index (χ0) is 20.5. The second-order valence-electron chi connectivity index (χ2n) is 6.57. The highest BCUT2D eigenvalue weighted by Gasteiger charge is 2.41. The molecule has 2 aliphatic rings. The molecule has 2 aromatic rings. The van der Waals surface area contributed by atoms with Crippen molar-refractivity contribution in [3.8, 4) is 0 Å². The predicted octanol–water partition coefficient (Wildman–Crippen LogP) is 5.26. The molecule has 4 nitrogen and oxygen atoms in total. The summed E-state index contributed by atoms with van der Waals surface area (Å²) in [6, 6.07) is 11.6. The van der Waals surface area contributed by atoms with E-state index in [1.165, 1.54) is 36.0 Å². The van der Waals surface area contributed by atoms with E-state index >= 15 is 0 Å². The van der Waals surface area contributed by atoms with Crippen LogP contribution >= 0.6 is 11.8 Å². The van der Waals surface area contributed by atoms with E-state index in [1.54, 1.807) is 38.1 Å². The van der Waals surface area contributed by atoms with Crippen molar-refractivity contribution in [2.75, 3.05) is 6.61 Å². The molecule has 0 aromatic heterocycles. The fourth-order valence-corrected chi connectivity index (χ4v) is 4.42. The first-order valence-electron chi connectivity index (χ1n) is 9.13. The molecule has 0 saturated carbocycles. The van der Waals surface area contributed by atoms with Gasteiger partial charge < -0.3 is 9.64 Å². The zero-order valence-corrected chi connectivity index (χ0v) is 16.7. The molecule has 0 radical (unpaired) electrons. The number of carbonyl (C=O) groups excluding carboxylic acids is 1. The van der Waals surface area contributed by atoms with Gasteiger partial charge in [-0.05, 0) is 61.4 Å². The minimum absolute atomic E-state index is 0.234. The van der Waals surface area contributed by atoms with Crippen molar-refractivity contribution >= 4 is 28.6 Å². The molecular formula is C22H18F2N2O2S. The summed E-state index contributed by atoms with van der Waals surface area (Å²) in [6.45, 7) is 3.75. The van der Waals surface area contributed by atoms with E-state index in [9.17, 15) is 13.6 Å². The van der Waals surface area contributed by atoms with Gasteiger partial charge in [-0.15, -0.1) is 0 Å². The lowest BCUT2D eigenvalue weighted by Gasteiger charge is -2.36. The topological polar surface area (TPSA) is 41.9 Å². The normalized spacial score (nSPS) is 18.3. The van der Waals surface area contributed by atoms with Crippen molar-refractivity contribution in [2.45, 2.75) is 19.9 Å². The van der Waals surface area contributed by atoms with Gasteiger partial charge in [-0.3, -0.25) is 0 Å². The number of allylic oxidation sites excluding steroid dienone is 1. The first kappa shape index (κ1) is 19.4. The molecule has 0 bridgehead atoms. The van der Waals surface area contributed by atoms with E-state index < -0.39 is 12.0 Å². The Balaban J connectivity index is 1.85. The summed E-state index contributed by atoms with van der Waals surface area (Å²) in [5.74, 6) is -1.15. The Morgan fingerprint density at radius 3 is 2.34 bits per heavy atom. The number of halogens is 2. The van der Waals surface area contributed by atoms with Gasteiger partial charge in [-0.1, -0.05) is 23.9 Å². The Bertz CT molecular complexity index is 1040. The first-order valence-corrected chi connectivity index (χ1v) is 10.0. The van der Waals surface area contributed by atoms with E-state index in [0.717, 1.165) is 16.8 Å². The van der Waals surface area contributed by atoms with E-state index in [2.05, 4.69) is 4.99 Å². The van der Waals surface area contributed by atoms with Crippen LogP contribution in [0.25, 0.3) is 5.70 Å². The van der Waals surface area contributed by atoms with Gasteiger partial charge in [0.25, 0.3) is 0 Å². The third kappa shape index (κ3) is 3.58. The highest BCUT2D eigenvalue weighted by molar-refractivity contribution is 8.16. The molecule has 1 atom stereocenters. The minimum atomic E-state index is -0.534. The molecule has 2 aliphatic heterocycles. The van der Waals surface area contributed by atoms with Crippen LogP contribution in [-0.2, 0) is 9.53 Å². The molecule has 7 heteroatoms. The van der Waals surface area contributed by atoms with Crippen molar-refractivity contribution in [1.29, 1.82) is 0 Å². The molecule has 29 heavy (non-hydrogen) atoms. The molecule has 1 unspecified atom stereocenters. The van der Waals surface area contributed by atoms with Crippen molar-refractivity contribution in [2.24, 2.45) is 4.99 Å². The number of ether oxygens (including phenoxy) is 1. The van der Waals surface area contributed by atoms with Crippen LogP contribution in [0.2, 0.25) is 0 Å². The third-order valence-corrected chi connectivity index (χ3v) is 5.59. The number of hydrogen-bond donors (Lipinski definition) is 0. The Morgan fingerprint density at radius 1 is 1.10 bits per heavy atom. The summed E-state index contributed by atoms with van der Waals surface area (Å²) < 4.78 is 32.3. The number of hydrogen-bond acceptors (Lipinski definition) is 5. The zero-order valence-electron chi connectivity index (χ0n) is 15.9. The van der Waals surface area contributed by atoms with Crippen LogP contribution in [0.5, 0.6) is 0 Å². The maximum atomic E-state index is 13.6. The van der Waals surface area contributed by atoms with Gasteiger partial charge in [0.1, 0.15) is 11.6 Å². The van der Waals surface area contributed by atoms with Gasteiger partial charge in [0.15, 0.2) is 5.17 Å². The average Bonchev–Trinajstić information content (AvgIpc) is 3.11. The molecule has 0 saturated heterocycles. The molecule has 0 aliphatic carbocycles. The molecule has 0 amide bonds. The van der Waals surface area contributed by atoms with Crippen LogP contribution in [0.3, 0.4) is 0 Å². The average molecular weight is 412 g/mol. The minimum Gasteiger partial charge on any atom is -0.463 e. The van der Waals surface area contributed by atoms with Gasteiger partial charge in [0.05, 0.1) is 29.6 Å². The van der Waals surface area contributed by atoms with Crippen molar-refractivity contribution in [3.05, 3.63) is 88.0 Å². The van der Waals surface area contributed by atoms with Crippen LogP contribution < -0.4 is 0 Å². The number of thioether (sulfide) groups is 1. The Kier molecular flexibility index (Phi) is 5.24. The van der Waals surface area contributed by atoms with Crippen LogP contribution in [0.4, 0.5) is 8.78 Å². The molecule has 0 N–H and O–H groups in total. The molecule has 148 valence electrons. The van der Waals surface area contributed by atoms with Crippen molar-refractivity contribution in [1.82, 2.24) is 4.90 Å². The highest BCUT2D eigenvalue weighted by atomic mass is 32.2. The van der Waals surface area contributed by atoms with Crippen LogP contribution in [0.15, 0.2) is 70.2 Å². The number of carbonyl (C=O) groups is 1. The second-order valence-corrected chi connectivity index (χ2v) is 7.40. The molecule has 0 fully saturated rings. The van der Waals surface area contributed by atoms with Crippen LogP contribution in [0.1, 0.15) is 31.0 Å². The Labute approximate surface area is 171 Å². The van der Waals surface area contributed by atoms with E-state index in [4.69, 9.17) is 4.74 Å². The van der Waals surface area contributed by atoms with Crippen molar-refractivity contribution in [3.63, 3.8) is 0 Å². The summed E-state index contributed by atoms with van der Waals surface area (Å²) in [5, 5.41) is 2.62. The Morgan fingerprint density at radius 2 is 1.72 bits per heavy atom. The van der Waals surface area contributed by atoms with Gasteiger partial charge in [-0.2, -0.15) is 0 Å². The Hall–Kier alpha value is -2.93. The maximum Gasteiger partial charge on any atom is 0.338 e. The number of aliphatic imine (C=N–C) groups is 1. The summed E-state index contributed by atoms with van der Waals surface area (Å²) in [5.41, 5.74) is 3.27. The maximum absolute atomic E-state index is 13.6. The smallest absolute Gasteiger partial charge is 0.338 e. The molecule has 4 rings (SSSR count). The molecule has 0 spiro atoms. The molecular weight excluding hydrogens is 394 g/mol. The lowest BCUT2D eigenvalue weighted by Crippen LogP contribution is -2.36. The number of amidine groups is 1. The van der Waals surface area contributed by atoms with E-state index in [0.29, 0.717) is 16.4 Å². The summed E-state index contributed by atoms with van der Waals surface area (Å²) in [4.78, 5) is 19.3. The number of benzene rings is 2. The number of fused-ring (bicyclic) bond motifs is 1. The summed E-state index contributed by atoms with van der Waals surface area (Å²) in [6.07, 6.45) is 0. The number of nitrogens with zero attached hydrogens (tertiary/aromatic N) is 2. The van der Waals surface area contributed by atoms with Crippen LogP contribution in [0, 0.1) is 11.6 Å². The lowest BCUT2D eigenvalue weighted by molar-refractivity contribution is -0.139.